The highest BCUT2D eigenvalue weighted by Crippen LogP contribution is 2.23. The van der Waals surface area contributed by atoms with E-state index in [1.165, 1.54) is 0 Å². The zero-order valence-electron chi connectivity index (χ0n) is 6.28. The normalized spacial score (nSPS) is 38.3. The van der Waals surface area contributed by atoms with Crippen LogP contribution >= 0.6 is 0 Å². The summed E-state index contributed by atoms with van der Waals surface area (Å²) >= 11 is -1.77. The van der Waals surface area contributed by atoms with Crippen molar-refractivity contribution in [2.45, 2.75) is 38.8 Å². The maximum atomic E-state index is 10.7. The van der Waals surface area contributed by atoms with E-state index in [0.717, 1.165) is 12.8 Å². The molecule has 0 saturated carbocycles. The van der Waals surface area contributed by atoms with Gasteiger partial charge in [0, 0.05) is 12.1 Å². The average Bonchev–Trinajstić information content (AvgIpc) is 2.11. The summed E-state index contributed by atoms with van der Waals surface area (Å²) in [5, 5.41) is 0. The quantitative estimate of drug-likeness (QED) is 0.586. The van der Waals surface area contributed by atoms with Gasteiger partial charge < -0.3 is 0 Å². The Balaban J connectivity index is 2.63. The summed E-state index contributed by atoms with van der Waals surface area (Å²) in [7, 11) is 0. The first-order chi connectivity index (χ1) is 4.63. The largest absolute Gasteiger partial charge is 0.294 e. The lowest BCUT2D eigenvalue weighted by Crippen LogP contribution is -2.33. The first-order valence-corrected chi connectivity index (χ1v) is 4.58. The molecule has 0 bridgehead atoms. The molecule has 0 amide bonds. The zero-order chi connectivity index (χ0) is 7.72. The van der Waals surface area contributed by atoms with Crippen LogP contribution in [0.1, 0.15) is 26.7 Å². The van der Waals surface area contributed by atoms with Crippen molar-refractivity contribution >= 4 is 11.3 Å². The minimum Gasteiger partial charge on any atom is -0.294 e. The molecule has 3 atom stereocenters. The van der Waals surface area contributed by atoms with E-state index in [9.17, 15) is 4.21 Å². The third kappa shape index (κ3) is 1.38. The molecular formula is C6H13NO2S. The fourth-order valence-electron chi connectivity index (χ4n) is 1.48. The van der Waals surface area contributed by atoms with Crippen molar-refractivity contribution in [2.75, 3.05) is 0 Å². The second-order valence-corrected chi connectivity index (χ2v) is 3.75. The lowest BCUT2D eigenvalue weighted by Gasteiger charge is -2.19. The predicted molar refractivity (Wildman–Crippen MR) is 40.8 cm³/mol. The summed E-state index contributed by atoms with van der Waals surface area (Å²) < 4.78 is 21.1. The van der Waals surface area contributed by atoms with Crippen LogP contribution < -0.4 is 0 Å². The first kappa shape index (κ1) is 8.17. The highest BCUT2D eigenvalue weighted by Gasteiger charge is 2.30. The van der Waals surface area contributed by atoms with Crippen LogP contribution in [-0.2, 0) is 11.3 Å². The van der Waals surface area contributed by atoms with Crippen molar-refractivity contribution in [3.05, 3.63) is 0 Å². The number of rotatable bonds is 1. The summed E-state index contributed by atoms with van der Waals surface area (Å²) in [5.41, 5.74) is 0. The van der Waals surface area contributed by atoms with Crippen molar-refractivity contribution in [3.8, 4) is 0 Å². The smallest absolute Gasteiger partial charge is 0.235 e. The van der Waals surface area contributed by atoms with Gasteiger partial charge in [0.2, 0.25) is 11.3 Å². The van der Waals surface area contributed by atoms with E-state index < -0.39 is 11.3 Å². The molecule has 0 aromatic heterocycles. The molecule has 0 aliphatic carbocycles. The molecule has 0 radical (unpaired) electrons. The third-order valence-electron chi connectivity index (χ3n) is 2.05. The molecule has 3 nitrogen and oxygen atoms in total. The number of hydrogen-bond donors (Lipinski definition) is 1. The predicted octanol–water partition coefficient (Wildman–Crippen LogP) is 0.996. The van der Waals surface area contributed by atoms with E-state index in [0.29, 0.717) is 0 Å². The summed E-state index contributed by atoms with van der Waals surface area (Å²) in [5.74, 6) is 0. The maximum Gasteiger partial charge on any atom is 0.235 e. The minimum atomic E-state index is -1.77. The van der Waals surface area contributed by atoms with Gasteiger partial charge in [-0.05, 0) is 26.7 Å². The van der Waals surface area contributed by atoms with E-state index in [2.05, 4.69) is 0 Å². The molecule has 3 unspecified atom stereocenters. The van der Waals surface area contributed by atoms with Gasteiger partial charge in [-0.15, -0.1) is 0 Å². The standard InChI is InChI=1S/C6H13NO2S/c1-5-3-4-6(2)7(5)10(8)9/h5-6H,3-4H2,1-2H3,(H,8,9). The molecule has 1 aliphatic heterocycles. The molecule has 1 aliphatic rings. The lowest BCUT2D eigenvalue weighted by molar-refractivity contribution is 0.340. The first-order valence-electron chi connectivity index (χ1n) is 3.52. The van der Waals surface area contributed by atoms with Crippen LogP contribution in [0.3, 0.4) is 0 Å². The molecule has 60 valence electrons. The molecule has 1 fully saturated rings. The fraction of sp³-hybridized carbons (Fsp3) is 1.00. The van der Waals surface area contributed by atoms with Crippen molar-refractivity contribution in [1.29, 1.82) is 0 Å². The second kappa shape index (κ2) is 2.98. The highest BCUT2D eigenvalue weighted by atomic mass is 32.2. The van der Waals surface area contributed by atoms with Crippen LogP contribution in [0.15, 0.2) is 0 Å². The van der Waals surface area contributed by atoms with E-state index in [-0.39, 0.29) is 12.1 Å². The van der Waals surface area contributed by atoms with Gasteiger partial charge >= 0.3 is 0 Å². The SMILES string of the molecule is CC1CCC(C)N1S(=O)O. The number of hydrogen-bond acceptors (Lipinski definition) is 1. The molecule has 1 rings (SSSR count). The Kier molecular flexibility index (Phi) is 2.44. The molecule has 4 heteroatoms. The van der Waals surface area contributed by atoms with E-state index in [1.807, 2.05) is 13.8 Å². The van der Waals surface area contributed by atoms with E-state index in [1.54, 1.807) is 4.31 Å². The van der Waals surface area contributed by atoms with Crippen LogP contribution in [0.25, 0.3) is 0 Å². The fourth-order valence-corrected chi connectivity index (χ4v) is 2.31. The molecule has 0 spiro atoms. The second-order valence-electron chi connectivity index (χ2n) is 2.87. The van der Waals surface area contributed by atoms with Crippen molar-refractivity contribution in [2.24, 2.45) is 0 Å². The average molecular weight is 163 g/mol. The van der Waals surface area contributed by atoms with Crippen LogP contribution in [0.4, 0.5) is 0 Å². The van der Waals surface area contributed by atoms with Gasteiger partial charge in [0.25, 0.3) is 0 Å². The van der Waals surface area contributed by atoms with E-state index >= 15 is 0 Å². The van der Waals surface area contributed by atoms with Crippen molar-refractivity contribution < 1.29 is 8.76 Å². The molecule has 10 heavy (non-hydrogen) atoms. The highest BCUT2D eigenvalue weighted by molar-refractivity contribution is 7.76. The van der Waals surface area contributed by atoms with Gasteiger partial charge in [0.1, 0.15) is 0 Å². The van der Waals surface area contributed by atoms with Gasteiger partial charge in [0.05, 0.1) is 0 Å². The van der Waals surface area contributed by atoms with Gasteiger partial charge in [-0.1, -0.05) is 0 Å². The van der Waals surface area contributed by atoms with Crippen molar-refractivity contribution in [3.63, 3.8) is 0 Å². The van der Waals surface area contributed by atoms with Crippen LogP contribution in [0.5, 0.6) is 0 Å². The third-order valence-corrected chi connectivity index (χ3v) is 3.13. The van der Waals surface area contributed by atoms with Crippen LogP contribution in [0, 0.1) is 0 Å². The van der Waals surface area contributed by atoms with Gasteiger partial charge in [-0.2, -0.15) is 4.31 Å². The molecule has 1 saturated heterocycles. The van der Waals surface area contributed by atoms with Crippen LogP contribution in [-0.4, -0.2) is 25.2 Å². The van der Waals surface area contributed by atoms with Gasteiger partial charge in [-0.25, -0.2) is 4.21 Å². The Labute approximate surface area is 63.8 Å². The summed E-state index contributed by atoms with van der Waals surface area (Å²) in [4.78, 5) is 0. The summed E-state index contributed by atoms with van der Waals surface area (Å²) in [6.07, 6.45) is 2.07. The monoisotopic (exact) mass is 163 g/mol. The Morgan fingerprint density at radius 2 is 1.80 bits per heavy atom. The minimum absolute atomic E-state index is 0.265. The zero-order valence-corrected chi connectivity index (χ0v) is 7.10. The summed E-state index contributed by atoms with van der Waals surface area (Å²) in [6, 6.07) is 0.529. The van der Waals surface area contributed by atoms with Gasteiger partial charge in [0.15, 0.2) is 0 Å². The molecule has 1 heterocycles. The van der Waals surface area contributed by atoms with Gasteiger partial charge in [-0.3, -0.25) is 4.55 Å². The Morgan fingerprint density at radius 3 is 2.00 bits per heavy atom. The molecule has 0 aromatic carbocycles. The number of nitrogens with zero attached hydrogens (tertiary/aromatic N) is 1. The Morgan fingerprint density at radius 1 is 1.40 bits per heavy atom. The topological polar surface area (TPSA) is 40.5 Å². The molecule has 1 N–H and O–H groups in total. The molecule has 0 aromatic rings. The van der Waals surface area contributed by atoms with E-state index in [4.69, 9.17) is 4.55 Å². The van der Waals surface area contributed by atoms with Crippen molar-refractivity contribution in [1.82, 2.24) is 4.31 Å². The summed E-state index contributed by atoms with van der Waals surface area (Å²) in [6.45, 7) is 3.97. The molecular weight excluding hydrogens is 150 g/mol. The lowest BCUT2D eigenvalue weighted by atomic mass is 10.2. The van der Waals surface area contributed by atoms with Crippen LogP contribution in [0.2, 0.25) is 0 Å². The Bertz CT molecular complexity index is 141. The Hall–Kier alpha value is 0.0700. The maximum absolute atomic E-state index is 10.7.